The van der Waals surface area contributed by atoms with Gasteiger partial charge in [-0.3, -0.25) is 14.5 Å². The maximum atomic E-state index is 13.5. The molecule has 0 spiro atoms. The van der Waals surface area contributed by atoms with E-state index in [1.807, 2.05) is 19.1 Å². The molecule has 1 aliphatic rings. The largest absolute Gasteiger partial charge is 0.507 e. The molecule has 1 unspecified atom stereocenters. The second kappa shape index (κ2) is 9.72. The molecule has 3 aromatic rings. The number of hydrogen-bond donors (Lipinski definition) is 1. The summed E-state index contributed by atoms with van der Waals surface area (Å²) < 4.78 is 16.3. The lowest BCUT2D eigenvalue weighted by atomic mass is 9.94. The molecule has 8 heteroatoms. The molecule has 35 heavy (non-hydrogen) atoms. The minimum absolute atomic E-state index is 0.106. The standard InChI is InChI=1S/C27H24ClNO6/c1-15-9-5-7-11-19(15)29-24(16-10-6-8-12-20(16)33-2)23(26(31)27(29)32)25(30)17-13-22(35-4)18(28)14-21(17)34-3/h5-14,24,30H,1-4H3/b25-23+. The summed E-state index contributed by atoms with van der Waals surface area (Å²) in [6.07, 6.45) is 0. The molecular formula is C27H24ClNO6. The van der Waals surface area contributed by atoms with Crippen molar-refractivity contribution in [2.45, 2.75) is 13.0 Å². The van der Waals surface area contributed by atoms with Crippen molar-refractivity contribution in [2.24, 2.45) is 0 Å². The van der Waals surface area contributed by atoms with Crippen LogP contribution < -0.4 is 19.1 Å². The zero-order valence-electron chi connectivity index (χ0n) is 19.7. The zero-order valence-corrected chi connectivity index (χ0v) is 20.4. The molecule has 0 aliphatic carbocycles. The van der Waals surface area contributed by atoms with Crippen LogP contribution in [0.25, 0.3) is 5.76 Å². The van der Waals surface area contributed by atoms with Gasteiger partial charge in [-0.05, 0) is 30.7 Å². The third-order valence-electron chi connectivity index (χ3n) is 5.98. The maximum Gasteiger partial charge on any atom is 0.300 e. The van der Waals surface area contributed by atoms with Gasteiger partial charge in [0.2, 0.25) is 0 Å². The smallest absolute Gasteiger partial charge is 0.300 e. The van der Waals surface area contributed by atoms with Gasteiger partial charge in [0.1, 0.15) is 23.0 Å². The monoisotopic (exact) mass is 493 g/mol. The van der Waals surface area contributed by atoms with Crippen LogP contribution in [0.3, 0.4) is 0 Å². The fourth-order valence-corrected chi connectivity index (χ4v) is 4.52. The molecule has 1 N–H and O–H groups in total. The molecule has 1 amide bonds. The van der Waals surface area contributed by atoms with Gasteiger partial charge in [0.25, 0.3) is 11.7 Å². The first-order chi connectivity index (χ1) is 16.8. The number of carbonyl (C=O) groups is 2. The summed E-state index contributed by atoms with van der Waals surface area (Å²) in [5, 5.41) is 11.8. The van der Waals surface area contributed by atoms with Crippen LogP contribution in [-0.2, 0) is 9.59 Å². The lowest BCUT2D eigenvalue weighted by molar-refractivity contribution is -0.132. The number of halogens is 1. The molecule has 180 valence electrons. The molecular weight excluding hydrogens is 470 g/mol. The van der Waals surface area contributed by atoms with E-state index in [1.165, 1.54) is 38.4 Å². The summed E-state index contributed by atoms with van der Waals surface area (Å²) in [5.74, 6) is -1.06. The number of para-hydroxylation sites is 2. The Hall–Kier alpha value is -3.97. The highest BCUT2D eigenvalue weighted by atomic mass is 35.5. The summed E-state index contributed by atoms with van der Waals surface area (Å²) in [6.45, 7) is 1.85. The first kappa shape index (κ1) is 24.2. The molecule has 7 nitrogen and oxygen atoms in total. The average Bonchev–Trinajstić information content (AvgIpc) is 3.13. The minimum atomic E-state index is -0.960. The highest BCUT2D eigenvalue weighted by molar-refractivity contribution is 6.52. The lowest BCUT2D eigenvalue weighted by Gasteiger charge is -2.28. The van der Waals surface area contributed by atoms with E-state index in [2.05, 4.69) is 0 Å². The summed E-state index contributed by atoms with van der Waals surface area (Å²) >= 11 is 6.23. The SMILES string of the molecule is COc1cc(/C(O)=C2\C(=O)C(=O)N(c3ccccc3C)C2c2ccccc2OC)c(OC)cc1Cl. The van der Waals surface area contributed by atoms with Crippen molar-refractivity contribution in [3.63, 3.8) is 0 Å². The molecule has 1 saturated heterocycles. The Morgan fingerprint density at radius 3 is 2.17 bits per heavy atom. The number of aliphatic hydroxyl groups is 1. The van der Waals surface area contributed by atoms with E-state index in [-0.39, 0.29) is 27.7 Å². The Kier molecular flexibility index (Phi) is 6.71. The molecule has 0 saturated carbocycles. The molecule has 0 radical (unpaired) electrons. The van der Waals surface area contributed by atoms with Crippen LogP contribution in [0.4, 0.5) is 5.69 Å². The molecule has 3 aromatic carbocycles. The van der Waals surface area contributed by atoms with Crippen molar-refractivity contribution in [2.75, 3.05) is 26.2 Å². The number of methoxy groups -OCH3 is 3. The van der Waals surface area contributed by atoms with Crippen LogP contribution in [0.1, 0.15) is 22.7 Å². The van der Waals surface area contributed by atoms with Gasteiger partial charge in [-0.15, -0.1) is 0 Å². The van der Waals surface area contributed by atoms with E-state index in [0.717, 1.165) is 5.56 Å². The van der Waals surface area contributed by atoms with Gasteiger partial charge >= 0.3 is 0 Å². The Morgan fingerprint density at radius 2 is 1.51 bits per heavy atom. The van der Waals surface area contributed by atoms with E-state index in [9.17, 15) is 14.7 Å². The third-order valence-corrected chi connectivity index (χ3v) is 6.28. The van der Waals surface area contributed by atoms with Crippen molar-refractivity contribution in [3.8, 4) is 17.2 Å². The molecule has 0 aromatic heterocycles. The van der Waals surface area contributed by atoms with Crippen LogP contribution >= 0.6 is 11.6 Å². The van der Waals surface area contributed by atoms with Crippen molar-refractivity contribution in [1.82, 2.24) is 0 Å². The van der Waals surface area contributed by atoms with Crippen LogP contribution in [-0.4, -0.2) is 38.1 Å². The number of aryl methyl sites for hydroxylation is 1. The summed E-state index contributed by atoms with van der Waals surface area (Å²) in [4.78, 5) is 28.3. The maximum absolute atomic E-state index is 13.5. The highest BCUT2D eigenvalue weighted by Crippen LogP contribution is 2.47. The van der Waals surface area contributed by atoms with Gasteiger partial charge in [-0.25, -0.2) is 0 Å². The fraction of sp³-hybridized carbons (Fsp3) is 0.185. The summed E-state index contributed by atoms with van der Waals surface area (Å²) in [5.41, 5.74) is 1.94. The second-order valence-corrected chi connectivity index (χ2v) is 8.29. The first-order valence-corrected chi connectivity index (χ1v) is 11.1. The predicted octanol–water partition coefficient (Wildman–Crippen LogP) is 5.30. The van der Waals surface area contributed by atoms with Crippen molar-refractivity contribution in [3.05, 3.63) is 87.9 Å². The van der Waals surface area contributed by atoms with E-state index in [1.54, 1.807) is 36.4 Å². The Morgan fingerprint density at radius 1 is 0.886 bits per heavy atom. The number of hydrogen-bond acceptors (Lipinski definition) is 6. The molecule has 1 fully saturated rings. The van der Waals surface area contributed by atoms with Gasteiger partial charge in [0.15, 0.2) is 0 Å². The summed E-state index contributed by atoms with van der Waals surface area (Å²) in [6, 6.07) is 16.3. The van der Waals surface area contributed by atoms with E-state index in [0.29, 0.717) is 17.0 Å². The molecule has 1 aliphatic heterocycles. The van der Waals surface area contributed by atoms with E-state index in [4.69, 9.17) is 25.8 Å². The van der Waals surface area contributed by atoms with Crippen LogP contribution in [0.2, 0.25) is 5.02 Å². The number of ketones is 1. The van der Waals surface area contributed by atoms with Gasteiger partial charge in [0, 0.05) is 17.3 Å². The highest BCUT2D eigenvalue weighted by Gasteiger charge is 2.48. The van der Waals surface area contributed by atoms with Gasteiger partial charge in [-0.2, -0.15) is 0 Å². The van der Waals surface area contributed by atoms with E-state index < -0.39 is 23.5 Å². The van der Waals surface area contributed by atoms with Crippen molar-refractivity contribution < 1.29 is 28.9 Å². The molecule has 0 bridgehead atoms. The second-order valence-electron chi connectivity index (χ2n) is 7.88. The molecule has 1 heterocycles. The number of carbonyl (C=O) groups excluding carboxylic acids is 2. The minimum Gasteiger partial charge on any atom is -0.507 e. The van der Waals surface area contributed by atoms with E-state index >= 15 is 0 Å². The zero-order chi connectivity index (χ0) is 25.3. The van der Waals surface area contributed by atoms with Crippen molar-refractivity contribution in [1.29, 1.82) is 0 Å². The van der Waals surface area contributed by atoms with Crippen molar-refractivity contribution >= 4 is 34.7 Å². The number of aliphatic hydroxyl groups excluding tert-OH is 1. The van der Waals surface area contributed by atoms with Gasteiger partial charge in [-0.1, -0.05) is 48.0 Å². The Bertz CT molecular complexity index is 1350. The number of Topliss-reactive ketones (excluding diaryl/α,β-unsaturated/α-hetero) is 1. The fourth-order valence-electron chi connectivity index (χ4n) is 4.29. The molecule has 1 atom stereocenters. The van der Waals surface area contributed by atoms with Crippen LogP contribution in [0.5, 0.6) is 17.2 Å². The van der Waals surface area contributed by atoms with Crippen LogP contribution in [0, 0.1) is 6.92 Å². The Balaban J connectivity index is 2.05. The quantitative estimate of drug-likeness (QED) is 0.285. The number of anilines is 1. The lowest BCUT2D eigenvalue weighted by Crippen LogP contribution is -2.30. The average molecular weight is 494 g/mol. The Labute approximate surface area is 208 Å². The number of benzene rings is 3. The van der Waals surface area contributed by atoms with Crippen LogP contribution in [0.15, 0.2) is 66.2 Å². The topological polar surface area (TPSA) is 85.3 Å². The summed E-state index contributed by atoms with van der Waals surface area (Å²) in [7, 11) is 4.36. The van der Waals surface area contributed by atoms with Gasteiger partial charge in [0.05, 0.1) is 43.5 Å². The predicted molar refractivity (Wildman–Crippen MR) is 134 cm³/mol. The molecule has 4 rings (SSSR count). The number of rotatable bonds is 6. The number of amides is 1. The normalized spacial score (nSPS) is 16.9. The van der Waals surface area contributed by atoms with Gasteiger partial charge < -0.3 is 19.3 Å². The number of ether oxygens (including phenoxy) is 3. The third kappa shape index (κ3) is 4.08. The number of nitrogens with zero attached hydrogens (tertiary/aromatic N) is 1. The first-order valence-electron chi connectivity index (χ1n) is 10.8.